The molecule has 1 fully saturated rings. The van der Waals surface area contributed by atoms with Gasteiger partial charge in [-0.2, -0.15) is 0 Å². The molecule has 22 heavy (non-hydrogen) atoms. The molecule has 3 rings (SSSR count). The van der Waals surface area contributed by atoms with Crippen molar-refractivity contribution in [1.82, 2.24) is 14.9 Å². The van der Waals surface area contributed by atoms with Gasteiger partial charge >= 0.3 is 0 Å². The van der Waals surface area contributed by atoms with Crippen LogP contribution in [0.2, 0.25) is 0 Å². The number of hydrogen-bond acceptors (Lipinski definition) is 4. The first-order valence-corrected chi connectivity index (χ1v) is 7.61. The number of halogens is 1. The summed E-state index contributed by atoms with van der Waals surface area (Å²) >= 11 is 0. The molecule has 0 amide bonds. The maximum Gasteiger partial charge on any atom is 0.232 e. The summed E-state index contributed by atoms with van der Waals surface area (Å²) in [5, 5.41) is 0. The molecule has 1 aliphatic heterocycles. The summed E-state index contributed by atoms with van der Waals surface area (Å²) in [6.45, 7) is 4.58. The number of hydrogen-bond donors (Lipinski definition) is 0. The smallest absolute Gasteiger partial charge is 0.232 e. The van der Waals surface area contributed by atoms with Crippen molar-refractivity contribution < 1.29 is 9.13 Å². The Morgan fingerprint density at radius 2 is 2.09 bits per heavy atom. The monoisotopic (exact) mass is 301 g/mol. The predicted octanol–water partition coefficient (Wildman–Crippen LogP) is 2.97. The highest BCUT2D eigenvalue weighted by molar-refractivity contribution is 5.16. The molecular formula is C17H20FN3O. The maximum absolute atomic E-state index is 13.2. The second-order valence-corrected chi connectivity index (χ2v) is 5.72. The van der Waals surface area contributed by atoms with Gasteiger partial charge in [0, 0.05) is 25.8 Å². The average Bonchev–Trinajstić information content (AvgIpc) is 2.49. The quantitative estimate of drug-likeness (QED) is 0.870. The molecule has 0 atom stereocenters. The van der Waals surface area contributed by atoms with Gasteiger partial charge in [0.25, 0.3) is 0 Å². The van der Waals surface area contributed by atoms with E-state index < -0.39 is 0 Å². The second kappa shape index (κ2) is 6.83. The van der Waals surface area contributed by atoms with E-state index >= 15 is 0 Å². The number of nitrogens with zero attached hydrogens (tertiary/aromatic N) is 3. The van der Waals surface area contributed by atoms with Crippen LogP contribution in [0.1, 0.15) is 24.1 Å². The topological polar surface area (TPSA) is 38.2 Å². The molecule has 0 bridgehead atoms. The molecule has 2 heterocycles. The van der Waals surface area contributed by atoms with Crippen LogP contribution in [0.15, 0.2) is 36.7 Å². The normalized spacial score (nSPS) is 16.6. The molecule has 0 unspecified atom stereocenters. The Balaban J connectivity index is 1.50. The Kier molecular flexibility index (Phi) is 4.63. The summed E-state index contributed by atoms with van der Waals surface area (Å²) in [6, 6.07) is 6.81. The standard InChI is InChI=1S/C17H20FN3O/c1-13-10-19-11-17(20-13)22-16-5-7-21(8-6-16)12-14-3-2-4-15(18)9-14/h2-4,9-11,16H,5-8,12H2,1H3. The summed E-state index contributed by atoms with van der Waals surface area (Å²) < 4.78 is 19.1. The van der Waals surface area contributed by atoms with Crippen LogP contribution < -0.4 is 4.74 Å². The van der Waals surface area contributed by atoms with Crippen LogP contribution in [0.25, 0.3) is 0 Å². The maximum atomic E-state index is 13.2. The van der Waals surface area contributed by atoms with E-state index in [9.17, 15) is 4.39 Å². The van der Waals surface area contributed by atoms with E-state index in [1.165, 1.54) is 6.07 Å². The number of aryl methyl sites for hydroxylation is 1. The number of ether oxygens (including phenoxy) is 1. The molecule has 1 aliphatic rings. The molecule has 2 aromatic rings. The SMILES string of the molecule is Cc1cncc(OC2CCN(Cc3cccc(F)c3)CC2)n1. The highest BCUT2D eigenvalue weighted by Gasteiger charge is 2.21. The average molecular weight is 301 g/mol. The number of piperidine rings is 1. The van der Waals surface area contributed by atoms with Gasteiger partial charge in [-0.05, 0) is 37.5 Å². The van der Waals surface area contributed by atoms with Gasteiger partial charge in [-0.1, -0.05) is 12.1 Å². The van der Waals surface area contributed by atoms with E-state index in [2.05, 4.69) is 14.9 Å². The molecule has 0 spiro atoms. The van der Waals surface area contributed by atoms with Crippen LogP contribution in [-0.2, 0) is 6.54 Å². The third-order valence-corrected chi connectivity index (χ3v) is 3.85. The fraction of sp³-hybridized carbons (Fsp3) is 0.412. The molecule has 4 nitrogen and oxygen atoms in total. The number of likely N-dealkylation sites (tertiary alicyclic amines) is 1. The minimum absolute atomic E-state index is 0.172. The number of benzene rings is 1. The molecule has 0 aliphatic carbocycles. The summed E-state index contributed by atoms with van der Waals surface area (Å²) in [4.78, 5) is 10.7. The summed E-state index contributed by atoms with van der Waals surface area (Å²) in [5.41, 5.74) is 1.88. The van der Waals surface area contributed by atoms with Crippen LogP contribution in [0.4, 0.5) is 4.39 Å². The molecule has 5 heteroatoms. The van der Waals surface area contributed by atoms with Crippen molar-refractivity contribution in [1.29, 1.82) is 0 Å². The Labute approximate surface area is 130 Å². The van der Waals surface area contributed by atoms with Gasteiger partial charge in [-0.25, -0.2) is 9.37 Å². The molecular weight excluding hydrogens is 281 g/mol. The first-order valence-electron chi connectivity index (χ1n) is 7.61. The first kappa shape index (κ1) is 14.9. The fourth-order valence-corrected chi connectivity index (χ4v) is 2.75. The van der Waals surface area contributed by atoms with Crippen LogP contribution >= 0.6 is 0 Å². The van der Waals surface area contributed by atoms with Gasteiger partial charge in [0.1, 0.15) is 11.9 Å². The predicted molar refractivity (Wildman–Crippen MR) is 82.1 cm³/mol. The molecule has 1 aromatic heterocycles. The van der Waals surface area contributed by atoms with Crippen molar-refractivity contribution in [2.75, 3.05) is 13.1 Å². The van der Waals surface area contributed by atoms with E-state index in [4.69, 9.17) is 4.74 Å². The number of rotatable bonds is 4. The largest absolute Gasteiger partial charge is 0.473 e. The zero-order chi connectivity index (χ0) is 15.4. The van der Waals surface area contributed by atoms with E-state index in [1.807, 2.05) is 13.0 Å². The second-order valence-electron chi connectivity index (χ2n) is 5.72. The lowest BCUT2D eigenvalue weighted by atomic mass is 10.1. The summed E-state index contributed by atoms with van der Waals surface area (Å²) in [5.74, 6) is 0.428. The van der Waals surface area contributed by atoms with Gasteiger partial charge in [0.2, 0.25) is 5.88 Å². The van der Waals surface area contributed by atoms with Gasteiger partial charge in [0.05, 0.1) is 11.9 Å². The van der Waals surface area contributed by atoms with Gasteiger partial charge in [-0.3, -0.25) is 9.88 Å². The Bertz CT molecular complexity index is 571. The van der Waals surface area contributed by atoms with Crippen molar-refractivity contribution in [2.24, 2.45) is 0 Å². The minimum Gasteiger partial charge on any atom is -0.473 e. The van der Waals surface area contributed by atoms with Crippen LogP contribution in [-0.4, -0.2) is 34.1 Å². The van der Waals surface area contributed by atoms with E-state index in [0.29, 0.717) is 5.88 Å². The summed E-state index contributed by atoms with van der Waals surface area (Å²) in [7, 11) is 0. The number of aromatic nitrogens is 2. The highest BCUT2D eigenvalue weighted by Crippen LogP contribution is 2.18. The molecule has 0 saturated carbocycles. The van der Waals surface area contributed by atoms with Crippen molar-refractivity contribution >= 4 is 0 Å². The third kappa shape index (κ3) is 4.01. The zero-order valence-electron chi connectivity index (χ0n) is 12.7. The zero-order valence-corrected chi connectivity index (χ0v) is 12.7. The van der Waals surface area contributed by atoms with E-state index in [1.54, 1.807) is 24.5 Å². The van der Waals surface area contributed by atoms with Crippen molar-refractivity contribution in [2.45, 2.75) is 32.4 Å². The molecule has 0 N–H and O–H groups in total. The van der Waals surface area contributed by atoms with Crippen molar-refractivity contribution in [3.05, 3.63) is 53.7 Å². The lowest BCUT2D eigenvalue weighted by Crippen LogP contribution is -2.37. The lowest BCUT2D eigenvalue weighted by Gasteiger charge is -2.31. The van der Waals surface area contributed by atoms with Crippen molar-refractivity contribution in [3.8, 4) is 5.88 Å². The van der Waals surface area contributed by atoms with Gasteiger partial charge < -0.3 is 4.74 Å². The molecule has 0 radical (unpaired) electrons. The fourth-order valence-electron chi connectivity index (χ4n) is 2.75. The van der Waals surface area contributed by atoms with E-state index in [0.717, 1.165) is 43.7 Å². The first-order chi connectivity index (χ1) is 10.7. The molecule has 1 aromatic carbocycles. The van der Waals surface area contributed by atoms with Gasteiger partial charge in [0.15, 0.2) is 0 Å². The summed E-state index contributed by atoms with van der Waals surface area (Å²) in [6.07, 6.45) is 5.45. The Morgan fingerprint density at radius 1 is 1.27 bits per heavy atom. The Hall–Kier alpha value is -2.01. The Morgan fingerprint density at radius 3 is 2.82 bits per heavy atom. The van der Waals surface area contributed by atoms with Crippen LogP contribution in [0.3, 0.4) is 0 Å². The van der Waals surface area contributed by atoms with Crippen LogP contribution in [0, 0.1) is 12.7 Å². The van der Waals surface area contributed by atoms with E-state index in [-0.39, 0.29) is 11.9 Å². The van der Waals surface area contributed by atoms with Crippen molar-refractivity contribution in [3.63, 3.8) is 0 Å². The van der Waals surface area contributed by atoms with Crippen LogP contribution in [0.5, 0.6) is 5.88 Å². The molecule has 1 saturated heterocycles. The lowest BCUT2D eigenvalue weighted by molar-refractivity contribution is 0.0927. The van der Waals surface area contributed by atoms with Gasteiger partial charge in [-0.15, -0.1) is 0 Å². The minimum atomic E-state index is -0.172. The highest BCUT2D eigenvalue weighted by atomic mass is 19.1. The third-order valence-electron chi connectivity index (χ3n) is 3.85. The molecule has 116 valence electrons.